The number of nitrogens with zero attached hydrogens (tertiary/aromatic N) is 1. The number of amides is 1. The van der Waals surface area contributed by atoms with Crippen LogP contribution in [0.2, 0.25) is 0 Å². The van der Waals surface area contributed by atoms with Gasteiger partial charge in [-0.3, -0.25) is 4.79 Å². The fourth-order valence-corrected chi connectivity index (χ4v) is 1.98. The zero-order valence-electron chi connectivity index (χ0n) is 11.4. The van der Waals surface area contributed by atoms with Gasteiger partial charge in [0, 0.05) is 25.1 Å². The second kappa shape index (κ2) is 5.96. The van der Waals surface area contributed by atoms with Crippen LogP contribution < -0.4 is 5.73 Å². The molecule has 1 aromatic rings. The van der Waals surface area contributed by atoms with Gasteiger partial charge in [0.1, 0.15) is 0 Å². The van der Waals surface area contributed by atoms with Crippen molar-refractivity contribution < 1.29 is 4.79 Å². The summed E-state index contributed by atoms with van der Waals surface area (Å²) in [7, 11) is 1.77. The lowest BCUT2D eigenvalue weighted by molar-refractivity contribution is 0.0787. The van der Waals surface area contributed by atoms with Crippen molar-refractivity contribution in [1.82, 2.24) is 4.90 Å². The maximum absolute atomic E-state index is 12.2. The molecule has 1 unspecified atom stereocenters. The summed E-state index contributed by atoms with van der Waals surface area (Å²) in [5.74, 6) is 0.0322. The average Bonchev–Trinajstić information content (AvgIpc) is 2.26. The van der Waals surface area contributed by atoms with Crippen molar-refractivity contribution in [2.45, 2.75) is 20.8 Å². The number of hydrogen-bond acceptors (Lipinski definition) is 2. The van der Waals surface area contributed by atoms with E-state index in [1.807, 2.05) is 32.9 Å². The second-order valence-electron chi connectivity index (χ2n) is 4.87. The summed E-state index contributed by atoms with van der Waals surface area (Å²) in [6.07, 6.45) is 0. The number of aryl methyl sites for hydroxylation is 2. The Kier molecular flexibility index (Phi) is 4.84. The first-order valence-corrected chi connectivity index (χ1v) is 6.35. The van der Waals surface area contributed by atoms with Gasteiger partial charge in [0.25, 0.3) is 5.91 Å². The fourth-order valence-electron chi connectivity index (χ4n) is 1.90. The van der Waals surface area contributed by atoms with Crippen molar-refractivity contribution >= 4 is 23.1 Å². The molecule has 0 radical (unpaired) electrons. The van der Waals surface area contributed by atoms with E-state index in [2.05, 4.69) is 6.07 Å². The Morgan fingerprint density at radius 3 is 2.28 bits per heavy atom. The molecule has 1 aromatic carbocycles. The van der Waals surface area contributed by atoms with Gasteiger partial charge in [0.15, 0.2) is 0 Å². The predicted octanol–water partition coefficient (Wildman–Crippen LogP) is 2.30. The summed E-state index contributed by atoms with van der Waals surface area (Å²) in [6.45, 7) is 6.44. The van der Waals surface area contributed by atoms with E-state index in [4.69, 9.17) is 18.0 Å². The molecule has 0 saturated carbocycles. The van der Waals surface area contributed by atoms with E-state index >= 15 is 0 Å². The third-order valence-corrected chi connectivity index (χ3v) is 3.25. The van der Waals surface area contributed by atoms with Crippen LogP contribution in [-0.4, -0.2) is 29.4 Å². The van der Waals surface area contributed by atoms with Crippen LogP contribution in [0.1, 0.15) is 28.4 Å². The third kappa shape index (κ3) is 3.81. The topological polar surface area (TPSA) is 46.3 Å². The molecule has 0 saturated heterocycles. The summed E-state index contributed by atoms with van der Waals surface area (Å²) in [5.41, 5.74) is 8.46. The second-order valence-corrected chi connectivity index (χ2v) is 5.34. The summed E-state index contributed by atoms with van der Waals surface area (Å²) < 4.78 is 0. The van der Waals surface area contributed by atoms with Crippen molar-refractivity contribution in [3.8, 4) is 0 Å². The molecular formula is C14H20N2OS. The van der Waals surface area contributed by atoms with Gasteiger partial charge in [0.2, 0.25) is 0 Å². The zero-order valence-corrected chi connectivity index (χ0v) is 12.2. The van der Waals surface area contributed by atoms with Crippen LogP contribution in [0.5, 0.6) is 0 Å². The SMILES string of the molecule is Cc1cc(C)cc(C(=O)N(C)CC(C)C(N)=S)c1. The molecule has 18 heavy (non-hydrogen) atoms. The molecule has 3 nitrogen and oxygen atoms in total. The van der Waals surface area contributed by atoms with Crippen LogP contribution in [0.4, 0.5) is 0 Å². The summed E-state index contributed by atoms with van der Waals surface area (Å²) in [5, 5.41) is 0. The van der Waals surface area contributed by atoms with Gasteiger partial charge < -0.3 is 10.6 Å². The van der Waals surface area contributed by atoms with Gasteiger partial charge in [-0.15, -0.1) is 0 Å². The smallest absolute Gasteiger partial charge is 0.253 e. The molecule has 0 spiro atoms. The van der Waals surface area contributed by atoms with Crippen LogP contribution >= 0.6 is 12.2 Å². The Balaban J connectivity index is 2.83. The number of benzene rings is 1. The Morgan fingerprint density at radius 2 is 1.83 bits per heavy atom. The van der Waals surface area contributed by atoms with E-state index in [-0.39, 0.29) is 11.8 Å². The number of hydrogen-bond donors (Lipinski definition) is 1. The maximum Gasteiger partial charge on any atom is 0.253 e. The first-order chi connectivity index (χ1) is 8.31. The highest BCUT2D eigenvalue weighted by Gasteiger charge is 2.16. The molecule has 4 heteroatoms. The standard InChI is InChI=1S/C14H20N2OS/c1-9-5-10(2)7-12(6-9)14(17)16(4)8-11(3)13(15)18/h5-7,11H,8H2,1-4H3,(H2,15,18). The van der Waals surface area contributed by atoms with E-state index in [0.29, 0.717) is 17.1 Å². The highest BCUT2D eigenvalue weighted by atomic mass is 32.1. The minimum absolute atomic E-state index is 0.00454. The van der Waals surface area contributed by atoms with Gasteiger partial charge >= 0.3 is 0 Å². The molecule has 0 fully saturated rings. The molecule has 2 N–H and O–H groups in total. The minimum Gasteiger partial charge on any atom is -0.393 e. The van der Waals surface area contributed by atoms with Crippen LogP contribution in [0.25, 0.3) is 0 Å². The van der Waals surface area contributed by atoms with Gasteiger partial charge in [-0.25, -0.2) is 0 Å². The lowest BCUT2D eigenvalue weighted by atomic mass is 10.1. The van der Waals surface area contributed by atoms with E-state index in [9.17, 15) is 4.79 Å². The van der Waals surface area contributed by atoms with Crippen LogP contribution in [0, 0.1) is 19.8 Å². The van der Waals surface area contributed by atoms with E-state index in [1.54, 1.807) is 11.9 Å². The normalized spacial score (nSPS) is 12.0. The zero-order chi connectivity index (χ0) is 13.9. The van der Waals surface area contributed by atoms with E-state index < -0.39 is 0 Å². The number of carbonyl (C=O) groups is 1. The summed E-state index contributed by atoms with van der Waals surface area (Å²) in [4.78, 5) is 14.4. The van der Waals surface area contributed by atoms with Crippen LogP contribution in [0.3, 0.4) is 0 Å². The van der Waals surface area contributed by atoms with E-state index in [1.165, 1.54) is 0 Å². The molecule has 1 atom stereocenters. The molecule has 1 rings (SSSR count). The number of carbonyl (C=O) groups excluding carboxylic acids is 1. The predicted molar refractivity (Wildman–Crippen MR) is 78.8 cm³/mol. The van der Waals surface area contributed by atoms with Gasteiger partial charge in [-0.2, -0.15) is 0 Å². The van der Waals surface area contributed by atoms with Crippen molar-refractivity contribution in [3.05, 3.63) is 34.9 Å². The Bertz CT molecular complexity index is 451. The van der Waals surface area contributed by atoms with Crippen molar-refractivity contribution in [3.63, 3.8) is 0 Å². The molecule has 0 aliphatic rings. The van der Waals surface area contributed by atoms with Gasteiger partial charge in [-0.05, 0) is 26.0 Å². The molecule has 0 aliphatic carbocycles. The lowest BCUT2D eigenvalue weighted by Gasteiger charge is -2.21. The van der Waals surface area contributed by atoms with Gasteiger partial charge in [-0.1, -0.05) is 36.3 Å². The quantitative estimate of drug-likeness (QED) is 0.849. The minimum atomic E-state index is 0.00454. The summed E-state index contributed by atoms with van der Waals surface area (Å²) >= 11 is 4.92. The van der Waals surface area contributed by atoms with Crippen molar-refractivity contribution in [2.75, 3.05) is 13.6 Å². The molecule has 1 amide bonds. The number of rotatable bonds is 4. The Hall–Kier alpha value is -1.42. The average molecular weight is 264 g/mol. The Labute approximate surface area is 114 Å². The molecule has 98 valence electrons. The van der Waals surface area contributed by atoms with Gasteiger partial charge in [0.05, 0.1) is 4.99 Å². The fraction of sp³-hybridized carbons (Fsp3) is 0.429. The third-order valence-electron chi connectivity index (χ3n) is 2.85. The van der Waals surface area contributed by atoms with Crippen molar-refractivity contribution in [2.24, 2.45) is 11.7 Å². The molecule has 0 bridgehead atoms. The van der Waals surface area contributed by atoms with Crippen LogP contribution in [0.15, 0.2) is 18.2 Å². The molecule has 0 aliphatic heterocycles. The number of nitrogens with two attached hydrogens (primary N) is 1. The first-order valence-electron chi connectivity index (χ1n) is 5.94. The number of thiocarbonyl (C=S) groups is 1. The highest BCUT2D eigenvalue weighted by molar-refractivity contribution is 7.80. The van der Waals surface area contributed by atoms with Crippen LogP contribution in [-0.2, 0) is 0 Å². The van der Waals surface area contributed by atoms with E-state index in [0.717, 1.165) is 11.1 Å². The largest absolute Gasteiger partial charge is 0.393 e. The monoisotopic (exact) mass is 264 g/mol. The Morgan fingerprint density at radius 1 is 1.33 bits per heavy atom. The summed E-state index contributed by atoms with van der Waals surface area (Å²) in [6, 6.07) is 5.85. The lowest BCUT2D eigenvalue weighted by Crippen LogP contribution is -2.35. The molecule has 0 aromatic heterocycles. The van der Waals surface area contributed by atoms with Crippen molar-refractivity contribution in [1.29, 1.82) is 0 Å². The highest BCUT2D eigenvalue weighted by Crippen LogP contribution is 2.12. The molecule has 0 heterocycles. The molecular weight excluding hydrogens is 244 g/mol. The first kappa shape index (κ1) is 14.6. The maximum atomic E-state index is 12.2.